The quantitative estimate of drug-likeness (QED) is 0.730. The Kier molecular flexibility index (Phi) is 6.99. The van der Waals surface area contributed by atoms with Crippen LogP contribution in [-0.2, 0) is 16.0 Å². The average molecular weight is 275 g/mol. The number of Topliss-reactive ketones (excluding diaryl/α,β-unsaturated/α-hetero) is 1. The highest BCUT2D eigenvalue weighted by Crippen LogP contribution is 2.15. The third kappa shape index (κ3) is 5.16. The van der Waals surface area contributed by atoms with Gasteiger partial charge < -0.3 is 5.32 Å². The molecule has 0 aromatic heterocycles. The lowest BCUT2D eigenvalue weighted by molar-refractivity contribution is -0.130. The third-order valence-electron chi connectivity index (χ3n) is 3.41. The zero-order chi connectivity index (χ0) is 15.0. The van der Waals surface area contributed by atoms with E-state index in [1.54, 1.807) is 0 Å². The van der Waals surface area contributed by atoms with Gasteiger partial charge in [0.2, 0.25) is 5.91 Å². The number of carbonyl (C=O) groups is 2. The second-order valence-electron chi connectivity index (χ2n) is 5.24. The van der Waals surface area contributed by atoms with Crippen LogP contribution in [-0.4, -0.2) is 11.7 Å². The molecule has 0 saturated carbocycles. The number of ketones is 1. The van der Waals surface area contributed by atoms with Gasteiger partial charge in [-0.2, -0.15) is 0 Å². The van der Waals surface area contributed by atoms with Gasteiger partial charge in [-0.15, -0.1) is 0 Å². The van der Waals surface area contributed by atoms with E-state index in [1.165, 1.54) is 12.5 Å². The van der Waals surface area contributed by atoms with E-state index in [4.69, 9.17) is 0 Å². The topological polar surface area (TPSA) is 46.2 Å². The van der Waals surface area contributed by atoms with Gasteiger partial charge in [0.1, 0.15) is 5.78 Å². The van der Waals surface area contributed by atoms with E-state index in [0.29, 0.717) is 6.42 Å². The molecule has 3 heteroatoms. The molecule has 0 fully saturated rings. The third-order valence-corrected chi connectivity index (χ3v) is 3.41. The minimum absolute atomic E-state index is 0.0569. The number of anilines is 1. The van der Waals surface area contributed by atoms with E-state index >= 15 is 0 Å². The van der Waals surface area contributed by atoms with Crippen molar-refractivity contribution in [3.63, 3.8) is 0 Å². The maximum atomic E-state index is 12.1. The van der Waals surface area contributed by atoms with Crippen LogP contribution in [0.4, 0.5) is 5.69 Å². The van der Waals surface area contributed by atoms with Crippen LogP contribution >= 0.6 is 0 Å². The molecule has 0 radical (unpaired) electrons. The smallest absolute Gasteiger partial charge is 0.234 e. The van der Waals surface area contributed by atoms with Crippen LogP contribution < -0.4 is 5.32 Å². The molecule has 1 atom stereocenters. The van der Waals surface area contributed by atoms with Crippen LogP contribution in [0.15, 0.2) is 24.3 Å². The van der Waals surface area contributed by atoms with Crippen molar-refractivity contribution in [3.05, 3.63) is 29.8 Å². The van der Waals surface area contributed by atoms with Crippen molar-refractivity contribution in [2.24, 2.45) is 5.92 Å². The number of aryl methyl sites for hydroxylation is 1. The Bertz CT molecular complexity index is 437. The Morgan fingerprint density at radius 3 is 2.25 bits per heavy atom. The Morgan fingerprint density at radius 2 is 1.75 bits per heavy atom. The zero-order valence-electron chi connectivity index (χ0n) is 12.7. The molecule has 0 aliphatic carbocycles. The van der Waals surface area contributed by atoms with E-state index < -0.39 is 5.92 Å². The molecule has 0 bridgehead atoms. The van der Waals surface area contributed by atoms with Crippen LogP contribution in [0.3, 0.4) is 0 Å². The van der Waals surface area contributed by atoms with Gasteiger partial charge in [-0.1, -0.05) is 45.2 Å². The molecule has 0 aliphatic heterocycles. The highest BCUT2D eigenvalue weighted by atomic mass is 16.2. The van der Waals surface area contributed by atoms with E-state index in [-0.39, 0.29) is 11.7 Å². The second-order valence-corrected chi connectivity index (χ2v) is 5.24. The number of nitrogens with one attached hydrogen (secondary N) is 1. The van der Waals surface area contributed by atoms with Gasteiger partial charge in [0.15, 0.2) is 0 Å². The predicted molar refractivity (Wildman–Crippen MR) is 82.8 cm³/mol. The lowest BCUT2D eigenvalue weighted by Crippen LogP contribution is -2.28. The number of amides is 1. The van der Waals surface area contributed by atoms with Crippen molar-refractivity contribution in [1.82, 2.24) is 0 Å². The SMILES string of the molecule is CCCCC(C(C)=O)C(=O)Nc1ccc(CCC)cc1. The molecule has 20 heavy (non-hydrogen) atoms. The first-order valence-electron chi connectivity index (χ1n) is 7.48. The molecule has 1 amide bonds. The summed E-state index contributed by atoms with van der Waals surface area (Å²) in [5, 5.41) is 2.84. The van der Waals surface area contributed by atoms with Crippen molar-refractivity contribution < 1.29 is 9.59 Å². The fourth-order valence-corrected chi connectivity index (χ4v) is 2.20. The normalized spacial score (nSPS) is 11.9. The van der Waals surface area contributed by atoms with Crippen molar-refractivity contribution in [1.29, 1.82) is 0 Å². The number of unbranched alkanes of at least 4 members (excludes halogenated alkanes) is 1. The largest absolute Gasteiger partial charge is 0.325 e. The van der Waals surface area contributed by atoms with Gasteiger partial charge in [0.25, 0.3) is 0 Å². The first kappa shape index (κ1) is 16.4. The standard InChI is InChI=1S/C17H25NO2/c1-4-6-8-16(13(3)19)17(20)18-15-11-9-14(7-5-2)10-12-15/h9-12,16H,4-8H2,1-3H3,(H,18,20). The first-order chi connectivity index (χ1) is 9.58. The highest BCUT2D eigenvalue weighted by Gasteiger charge is 2.22. The first-order valence-corrected chi connectivity index (χ1v) is 7.48. The van der Waals surface area contributed by atoms with Crippen molar-refractivity contribution >= 4 is 17.4 Å². The molecule has 3 nitrogen and oxygen atoms in total. The van der Waals surface area contributed by atoms with Gasteiger partial charge >= 0.3 is 0 Å². The number of carbonyl (C=O) groups excluding carboxylic acids is 2. The fraction of sp³-hybridized carbons (Fsp3) is 0.529. The molecule has 0 heterocycles. The summed E-state index contributed by atoms with van der Waals surface area (Å²) in [6.07, 6.45) is 4.66. The summed E-state index contributed by atoms with van der Waals surface area (Å²) in [4.78, 5) is 23.7. The number of rotatable bonds is 8. The van der Waals surface area contributed by atoms with Gasteiger partial charge in [-0.05, 0) is 37.5 Å². The predicted octanol–water partition coefficient (Wildman–Crippen LogP) is 3.97. The van der Waals surface area contributed by atoms with Crippen molar-refractivity contribution in [2.45, 2.75) is 52.9 Å². The zero-order valence-corrected chi connectivity index (χ0v) is 12.7. The minimum Gasteiger partial charge on any atom is -0.325 e. The summed E-state index contributed by atoms with van der Waals surface area (Å²) in [5.74, 6) is -0.766. The summed E-state index contributed by atoms with van der Waals surface area (Å²) in [7, 11) is 0. The van der Waals surface area contributed by atoms with E-state index in [9.17, 15) is 9.59 Å². The number of hydrogen-bond acceptors (Lipinski definition) is 2. The number of hydrogen-bond donors (Lipinski definition) is 1. The average Bonchev–Trinajstić information content (AvgIpc) is 2.41. The summed E-state index contributed by atoms with van der Waals surface area (Å²) in [6.45, 7) is 5.69. The molecule has 1 rings (SSSR count). The van der Waals surface area contributed by atoms with Crippen LogP contribution in [0.5, 0.6) is 0 Å². The van der Waals surface area contributed by atoms with Crippen LogP contribution in [0.1, 0.15) is 52.0 Å². The maximum absolute atomic E-state index is 12.1. The van der Waals surface area contributed by atoms with Gasteiger partial charge in [0, 0.05) is 5.69 Å². The molecule has 0 saturated heterocycles. The summed E-state index contributed by atoms with van der Waals surface area (Å²) in [5.41, 5.74) is 2.03. The monoisotopic (exact) mass is 275 g/mol. The molecule has 1 N–H and O–H groups in total. The van der Waals surface area contributed by atoms with Crippen LogP contribution in [0.2, 0.25) is 0 Å². The van der Waals surface area contributed by atoms with E-state index in [0.717, 1.165) is 31.4 Å². The minimum atomic E-state index is -0.523. The Morgan fingerprint density at radius 1 is 1.10 bits per heavy atom. The van der Waals surface area contributed by atoms with Gasteiger partial charge in [0.05, 0.1) is 5.92 Å². The Balaban J connectivity index is 2.65. The molecule has 1 aromatic carbocycles. The van der Waals surface area contributed by atoms with Gasteiger partial charge in [-0.3, -0.25) is 9.59 Å². The molecule has 0 aliphatic rings. The van der Waals surface area contributed by atoms with E-state index in [2.05, 4.69) is 19.2 Å². The maximum Gasteiger partial charge on any atom is 0.234 e. The van der Waals surface area contributed by atoms with E-state index in [1.807, 2.05) is 24.3 Å². The second kappa shape index (κ2) is 8.51. The number of benzene rings is 1. The molecular formula is C17H25NO2. The molecule has 1 aromatic rings. The Hall–Kier alpha value is -1.64. The molecule has 110 valence electrons. The molecule has 1 unspecified atom stereocenters. The highest BCUT2D eigenvalue weighted by molar-refractivity contribution is 6.06. The summed E-state index contributed by atoms with van der Waals surface area (Å²) in [6, 6.07) is 7.85. The van der Waals surface area contributed by atoms with Crippen molar-refractivity contribution in [2.75, 3.05) is 5.32 Å². The summed E-state index contributed by atoms with van der Waals surface area (Å²) >= 11 is 0. The fourth-order valence-electron chi connectivity index (χ4n) is 2.20. The lowest BCUT2D eigenvalue weighted by atomic mass is 9.97. The molecule has 0 spiro atoms. The molecular weight excluding hydrogens is 250 g/mol. The van der Waals surface area contributed by atoms with Crippen LogP contribution in [0, 0.1) is 5.92 Å². The summed E-state index contributed by atoms with van der Waals surface area (Å²) < 4.78 is 0. The Labute approximate surface area is 121 Å². The lowest BCUT2D eigenvalue weighted by Gasteiger charge is -2.14. The van der Waals surface area contributed by atoms with Crippen LogP contribution in [0.25, 0.3) is 0 Å². The van der Waals surface area contributed by atoms with Gasteiger partial charge in [-0.25, -0.2) is 0 Å². The van der Waals surface area contributed by atoms with Crippen molar-refractivity contribution in [3.8, 4) is 0 Å².